The summed E-state index contributed by atoms with van der Waals surface area (Å²) in [6, 6.07) is 7.80. The summed E-state index contributed by atoms with van der Waals surface area (Å²) in [5, 5.41) is 2.85. The zero-order valence-corrected chi connectivity index (χ0v) is 12.7. The first-order valence-electron chi connectivity index (χ1n) is 8.39. The monoisotopic (exact) mass is 299 g/mol. The van der Waals surface area contributed by atoms with Gasteiger partial charge in [0.15, 0.2) is 0 Å². The maximum Gasteiger partial charge on any atom is 0.411 e. The molecule has 22 heavy (non-hydrogen) atoms. The van der Waals surface area contributed by atoms with Crippen LogP contribution >= 0.6 is 0 Å². The molecule has 1 saturated heterocycles. The van der Waals surface area contributed by atoms with E-state index < -0.39 is 0 Å². The van der Waals surface area contributed by atoms with Gasteiger partial charge in [0.05, 0.1) is 12.2 Å². The third-order valence-corrected chi connectivity index (χ3v) is 6.24. The lowest BCUT2D eigenvalue weighted by molar-refractivity contribution is 0.0251. The summed E-state index contributed by atoms with van der Waals surface area (Å²) < 4.78 is 11.5. The van der Waals surface area contributed by atoms with Gasteiger partial charge in [-0.15, -0.1) is 0 Å². The summed E-state index contributed by atoms with van der Waals surface area (Å²) in [4.78, 5) is 12.1. The topological polar surface area (TPSA) is 50.9 Å². The Hall–Kier alpha value is -1.55. The maximum atomic E-state index is 12.1. The van der Waals surface area contributed by atoms with Crippen molar-refractivity contribution in [1.29, 1.82) is 0 Å². The average Bonchev–Trinajstić information content (AvgIpc) is 2.84. The van der Waals surface area contributed by atoms with Crippen LogP contribution < -0.4 is 5.32 Å². The smallest absolute Gasteiger partial charge is 0.411 e. The second-order valence-corrected chi connectivity index (χ2v) is 7.45. The minimum absolute atomic E-state index is 0.106. The number of aryl methyl sites for hydroxylation is 1. The van der Waals surface area contributed by atoms with E-state index in [2.05, 4.69) is 5.32 Å². The molecule has 0 spiro atoms. The Bertz CT molecular complexity index is 613. The Morgan fingerprint density at radius 2 is 2.00 bits per heavy atom. The molecule has 1 N–H and O–H groups in total. The largest absolute Gasteiger partial charge is 0.446 e. The summed E-state index contributed by atoms with van der Waals surface area (Å²) in [5.41, 5.74) is 1.98. The van der Waals surface area contributed by atoms with Gasteiger partial charge in [-0.05, 0) is 62.0 Å². The van der Waals surface area contributed by atoms with Gasteiger partial charge in [0.1, 0.15) is 6.10 Å². The van der Waals surface area contributed by atoms with Crippen LogP contribution in [-0.4, -0.2) is 24.4 Å². The molecule has 1 aromatic rings. The average molecular weight is 299 g/mol. The summed E-state index contributed by atoms with van der Waals surface area (Å²) in [6.45, 7) is 2.03. The van der Waals surface area contributed by atoms with Crippen LogP contribution in [0.4, 0.5) is 10.5 Å². The van der Waals surface area contributed by atoms with Crippen LogP contribution in [0.25, 0.3) is 0 Å². The molecular weight excluding hydrogens is 278 g/mol. The molecule has 0 unspecified atom stereocenters. The van der Waals surface area contributed by atoms with Gasteiger partial charge in [-0.2, -0.15) is 0 Å². The summed E-state index contributed by atoms with van der Waals surface area (Å²) in [6.07, 6.45) is 4.31. The predicted molar refractivity (Wildman–Crippen MR) is 81.5 cm³/mol. The van der Waals surface area contributed by atoms with Crippen molar-refractivity contribution < 1.29 is 14.3 Å². The molecule has 0 radical (unpaired) electrons. The lowest BCUT2D eigenvalue weighted by Gasteiger charge is -2.32. The van der Waals surface area contributed by atoms with Crippen molar-refractivity contribution in [3.05, 3.63) is 29.8 Å². The van der Waals surface area contributed by atoms with E-state index >= 15 is 0 Å². The maximum absolute atomic E-state index is 12.1. The first-order valence-corrected chi connectivity index (χ1v) is 8.39. The molecule has 0 aromatic heterocycles. The summed E-state index contributed by atoms with van der Waals surface area (Å²) in [7, 11) is 0. The van der Waals surface area contributed by atoms with E-state index in [1.54, 1.807) is 0 Å². The van der Waals surface area contributed by atoms with Crippen molar-refractivity contribution in [1.82, 2.24) is 0 Å². The minimum atomic E-state index is -0.308. The molecular formula is C18H21NO3. The third-order valence-electron chi connectivity index (χ3n) is 6.24. The molecule has 7 atom stereocenters. The highest BCUT2D eigenvalue weighted by Crippen LogP contribution is 2.64. The first-order chi connectivity index (χ1) is 10.7. The van der Waals surface area contributed by atoms with Crippen molar-refractivity contribution in [2.75, 3.05) is 5.32 Å². The molecule has 3 saturated carbocycles. The van der Waals surface area contributed by atoms with E-state index in [-0.39, 0.29) is 12.2 Å². The fourth-order valence-electron chi connectivity index (χ4n) is 5.32. The van der Waals surface area contributed by atoms with Crippen molar-refractivity contribution >= 4 is 11.8 Å². The number of amides is 1. The summed E-state index contributed by atoms with van der Waals surface area (Å²) >= 11 is 0. The zero-order chi connectivity index (χ0) is 14.8. The predicted octanol–water partition coefficient (Wildman–Crippen LogP) is 3.36. The highest BCUT2D eigenvalue weighted by atomic mass is 16.6. The van der Waals surface area contributed by atoms with Crippen LogP contribution in [0.15, 0.2) is 24.3 Å². The highest BCUT2D eigenvalue weighted by Gasteiger charge is 2.67. The minimum Gasteiger partial charge on any atom is -0.446 e. The normalized spacial score (nSPS) is 43.6. The van der Waals surface area contributed by atoms with E-state index in [1.165, 1.54) is 18.4 Å². The molecule has 4 fully saturated rings. The number of hydrogen-bond acceptors (Lipinski definition) is 3. The number of anilines is 1. The van der Waals surface area contributed by atoms with Gasteiger partial charge in [0, 0.05) is 5.69 Å². The molecule has 116 valence electrons. The van der Waals surface area contributed by atoms with Crippen LogP contribution in [-0.2, 0) is 9.47 Å². The Balaban J connectivity index is 1.22. The molecule has 3 aliphatic carbocycles. The van der Waals surface area contributed by atoms with Gasteiger partial charge in [-0.25, -0.2) is 4.79 Å². The Morgan fingerprint density at radius 3 is 2.82 bits per heavy atom. The lowest BCUT2D eigenvalue weighted by Crippen LogP contribution is -2.35. The number of hydrogen-bond donors (Lipinski definition) is 1. The number of nitrogens with one attached hydrogen (secondary N) is 1. The second-order valence-electron chi connectivity index (χ2n) is 7.45. The van der Waals surface area contributed by atoms with Crippen molar-refractivity contribution in [2.24, 2.45) is 23.7 Å². The van der Waals surface area contributed by atoms with Crippen molar-refractivity contribution in [3.8, 4) is 0 Å². The van der Waals surface area contributed by atoms with Crippen molar-refractivity contribution in [3.63, 3.8) is 0 Å². The van der Waals surface area contributed by atoms with E-state index in [0.717, 1.165) is 23.9 Å². The number of rotatable bonds is 2. The molecule has 1 aliphatic heterocycles. The number of benzene rings is 1. The number of carbonyl (C=O) groups is 1. The first kappa shape index (κ1) is 12.9. The molecule has 1 heterocycles. The fourth-order valence-corrected chi connectivity index (χ4v) is 5.32. The van der Waals surface area contributed by atoms with Crippen LogP contribution in [0.3, 0.4) is 0 Å². The van der Waals surface area contributed by atoms with Gasteiger partial charge >= 0.3 is 6.09 Å². The quantitative estimate of drug-likeness (QED) is 0.852. The number of ether oxygens (including phenoxy) is 2. The molecule has 5 rings (SSSR count). The van der Waals surface area contributed by atoms with Gasteiger partial charge in [-0.3, -0.25) is 5.32 Å². The SMILES string of the molecule is Cc1ccc(NC(=O)O[C@@H]2C[C@H]3C[C@H]2[C@@H]2C[C@@H]4O[C@H]4[C@@H]32)cc1. The second kappa shape index (κ2) is 4.48. The van der Waals surface area contributed by atoms with Crippen LogP contribution in [0, 0.1) is 30.6 Å². The molecule has 4 heteroatoms. The standard InChI is InChI=1S/C18H21NO3/c1-9-2-4-11(5-3-9)19-18(20)22-14-7-10-6-12(14)13-8-15-17(21-15)16(10)13/h2-5,10,12-17H,6-8H2,1H3,(H,19,20)/t10-,12+,13+,14-,15+,16+,17-/m1/s1. The molecule has 4 aliphatic rings. The molecule has 2 bridgehead atoms. The third kappa shape index (κ3) is 1.89. The van der Waals surface area contributed by atoms with Gasteiger partial charge < -0.3 is 9.47 Å². The highest BCUT2D eigenvalue weighted by molar-refractivity contribution is 5.84. The fraction of sp³-hybridized carbons (Fsp3) is 0.611. The molecule has 4 nitrogen and oxygen atoms in total. The van der Waals surface area contributed by atoms with E-state index in [0.29, 0.717) is 24.0 Å². The van der Waals surface area contributed by atoms with E-state index in [4.69, 9.17) is 9.47 Å². The van der Waals surface area contributed by atoms with Gasteiger partial charge in [-0.1, -0.05) is 17.7 Å². The molecule has 1 aromatic carbocycles. The van der Waals surface area contributed by atoms with Crippen LogP contribution in [0.5, 0.6) is 0 Å². The number of carbonyl (C=O) groups excluding carboxylic acids is 1. The Morgan fingerprint density at radius 1 is 1.18 bits per heavy atom. The number of fused-ring (bicyclic) bond motifs is 7. The van der Waals surface area contributed by atoms with Gasteiger partial charge in [0.2, 0.25) is 0 Å². The van der Waals surface area contributed by atoms with Crippen LogP contribution in [0.2, 0.25) is 0 Å². The van der Waals surface area contributed by atoms with E-state index in [9.17, 15) is 4.79 Å². The van der Waals surface area contributed by atoms with Crippen molar-refractivity contribution in [2.45, 2.75) is 44.5 Å². The Kier molecular flexibility index (Phi) is 2.63. The summed E-state index contributed by atoms with van der Waals surface area (Å²) in [5.74, 6) is 2.77. The number of epoxide rings is 1. The Labute approximate surface area is 130 Å². The van der Waals surface area contributed by atoms with Crippen LogP contribution in [0.1, 0.15) is 24.8 Å². The lowest BCUT2D eigenvalue weighted by atomic mass is 9.79. The zero-order valence-electron chi connectivity index (χ0n) is 12.7. The van der Waals surface area contributed by atoms with E-state index in [1.807, 2.05) is 31.2 Å². The van der Waals surface area contributed by atoms with Gasteiger partial charge in [0.25, 0.3) is 0 Å². The molecule has 1 amide bonds.